The van der Waals surface area contributed by atoms with Crippen molar-refractivity contribution in [3.63, 3.8) is 0 Å². The Morgan fingerprint density at radius 1 is 1.09 bits per heavy atom. The number of aromatic nitrogens is 1. The van der Waals surface area contributed by atoms with E-state index in [9.17, 15) is 23.9 Å². The first kappa shape index (κ1) is 23.0. The van der Waals surface area contributed by atoms with Gasteiger partial charge in [-0.15, -0.1) is 0 Å². The van der Waals surface area contributed by atoms with Crippen LogP contribution in [0.2, 0.25) is 0 Å². The first-order chi connectivity index (χ1) is 16.2. The molecular weight excluding hydrogens is 438 g/mol. The second kappa shape index (κ2) is 8.64. The van der Waals surface area contributed by atoms with Crippen LogP contribution < -0.4 is 4.74 Å². The summed E-state index contributed by atoms with van der Waals surface area (Å²) >= 11 is 0. The highest BCUT2D eigenvalue weighted by molar-refractivity contribution is 6.00. The standard InChI is InChI=1S/C27H22F2N2O3/c1-27(2,12-13-30)25-24(17-6-10-21(29)23(14-17)34-3)20-15-18(28)7-11-22(20)31(25)19-8-4-16(5-9-19)26(32)33/h4-11,14-15H,12H2,1-3H3,(H,32,33). The molecule has 0 saturated heterocycles. The molecule has 34 heavy (non-hydrogen) atoms. The smallest absolute Gasteiger partial charge is 0.335 e. The van der Waals surface area contributed by atoms with Crippen LogP contribution in [-0.2, 0) is 5.41 Å². The molecule has 4 aromatic rings. The van der Waals surface area contributed by atoms with E-state index in [0.29, 0.717) is 33.4 Å². The molecule has 0 unspecified atom stereocenters. The fourth-order valence-electron chi connectivity index (χ4n) is 4.31. The Morgan fingerprint density at radius 2 is 1.79 bits per heavy atom. The number of nitrogens with zero attached hydrogens (tertiary/aromatic N) is 2. The van der Waals surface area contributed by atoms with Crippen molar-refractivity contribution < 1.29 is 23.4 Å². The largest absolute Gasteiger partial charge is 0.494 e. The molecule has 0 saturated carbocycles. The summed E-state index contributed by atoms with van der Waals surface area (Å²) in [5.74, 6) is -1.96. The van der Waals surface area contributed by atoms with Crippen LogP contribution >= 0.6 is 0 Å². The molecule has 0 aliphatic heterocycles. The van der Waals surface area contributed by atoms with Crippen LogP contribution in [-0.4, -0.2) is 22.8 Å². The lowest BCUT2D eigenvalue weighted by Crippen LogP contribution is -2.21. The lowest BCUT2D eigenvalue weighted by Gasteiger charge is -2.27. The van der Waals surface area contributed by atoms with Crippen LogP contribution in [0.25, 0.3) is 27.7 Å². The summed E-state index contributed by atoms with van der Waals surface area (Å²) < 4.78 is 35.8. The van der Waals surface area contributed by atoms with Crippen molar-refractivity contribution >= 4 is 16.9 Å². The Labute approximate surface area is 195 Å². The molecule has 172 valence electrons. The number of carboxylic acids is 1. The minimum absolute atomic E-state index is 0.0460. The number of hydrogen-bond donors (Lipinski definition) is 1. The molecule has 1 aromatic heterocycles. The third-order valence-corrected chi connectivity index (χ3v) is 5.90. The van der Waals surface area contributed by atoms with E-state index in [1.807, 2.05) is 18.4 Å². The molecule has 0 fully saturated rings. The molecule has 0 bridgehead atoms. The van der Waals surface area contributed by atoms with Gasteiger partial charge in [-0.3, -0.25) is 0 Å². The summed E-state index contributed by atoms with van der Waals surface area (Å²) in [5, 5.41) is 19.4. The van der Waals surface area contributed by atoms with Crippen molar-refractivity contribution in [1.82, 2.24) is 4.57 Å². The van der Waals surface area contributed by atoms with E-state index >= 15 is 0 Å². The average molecular weight is 460 g/mol. The first-order valence-corrected chi connectivity index (χ1v) is 10.6. The summed E-state index contributed by atoms with van der Waals surface area (Å²) in [5.41, 5.74) is 2.73. The van der Waals surface area contributed by atoms with Crippen LogP contribution in [0.15, 0.2) is 60.7 Å². The van der Waals surface area contributed by atoms with Crippen molar-refractivity contribution in [3.05, 3.63) is 83.6 Å². The van der Waals surface area contributed by atoms with E-state index in [4.69, 9.17) is 4.74 Å². The van der Waals surface area contributed by atoms with Gasteiger partial charge in [-0.1, -0.05) is 19.9 Å². The number of rotatable bonds is 6. The fraction of sp³-hybridized carbons (Fsp3) is 0.185. The number of hydrogen-bond acceptors (Lipinski definition) is 3. The van der Waals surface area contributed by atoms with Gasteiger partial charge in [-0.2, -0.15) is 5.26 Å². The van der Waals surface area contributed by atoms with Gasteiger partial charge >= 0.3 is 5.97 Å². The van der Waals surface area contributed by atoms with Crippen LogP contribution in [0, 0.1) is 23.0 Å². The maximum Gasteiger partial charge on any atom is 0.335 e. The van der Waals surface area contributed by atoms with Crippen molar-refractivity contribution in [1.29, 1.82) is 5.26 Å². The molecule has 0 spiro atoms. The van der Waals surface area contributed by atoms with Crippen LogP contribution in [0.5, 0.6) is 5.75 Å². The Bertz CT molecular complexity index is 1450. The van der Waals surface area contributed by atoms with Gasteiger partial charge in [-0.05, 0) is 60.2 Å². The Kier molecular flexibility index (Phi) is 5.84. The Hall–Kier alpha value is -4.18. The zero-order chi connectivity index (χ0) is 24.6. The molecule has 0 amide bonds. The van der Waals surface area contributed by atoms with E-state index in [1.165, 1.54) is 37.4 Å². The van der Waals surface area contributed by atoms with E-state index < -0.39 is 23.0 Å². The number of halogens is 2. The van der Waals surface area contributed by atoms with Gasteiger partial charge in [0.15, 0.2) is 11.6 Å². The molecule has 7 heteroatoms. The summed E-state index contributed by atoms with van der Waals surface area (Å²) in [6, 6.07) is 17.4. The average Bonchev–Trinajstić information content (AvgIpc) is 3.14. The number of fused-ring (bicyclic) bond motifs is 1. The number of methoxy groups -OCH3 is 1. The SMILES string of the molecule is COc1cc(-c2c(C(C)(C)CC#N)n(-c3ccc(C(=O)O)cc3)c3ccc(F)cc23)ccc1F. The van der Waals surface area contributed by atoms with Crippen LogP contribution in [0.4, 0.5) is 8.78 Å². The maximum atomic E-state index is 14.5. The van der Waals surface area contributed by atoms with Gasteiger partial charge in [0.25, 0.3) is 0 Å². The zero-order valence-corrected chi connectivity index (χ0v) is 18.9. The monoisotopic (exact) mass is 460 g/mol. The van der Waals surface area contributed by atoms with Gasteiger partial charge in [0.2, 0.25) is 0 Å². The minimum Gasteiger partial charge on any atom is -0.494 e. The molecule has 1 heterocycles. The van der Waals surface area contributed by atoms with Crippen LogP contribution in [0.3, 0.4) is 0 Å². The number of ether oxygens (including phenoxy) is 1. The summed E-state index contributed by atoms with van der Waals surface area (Å²) in [6.45, 7) is 3.82. The first-order valence-electron chi connectivity index (χ1n) is 10.6. The molecule has 0 radical (unpaired) electrons. The summed E-state index contributed by atoms with van der Waals surface area (Å²) in [7, 11) is 1.37. The number of benzene rings is 3. The predicted octanol–water partition coefficient (Wildman–Crippen LogP) is 6.47. The van der Waals surface area contributed by atoms with Gasteiger partial charge < -0.3 is 14.4 Å². The highest BCUT2D eigenvalue weighted by Gasteiger charge is 2.32. The second-order valence-corrected chi connectivity index (χ2v) is 8.64. The molecule has 0 aliphatic rings. The molecular formula is C27H22F2N2O3. The van der Waals surface area contributed by atoms with Gasteiger partial charge in [0.05, 0.1) is 24.3 Å². The van der Waals surface area contributed by atoms with Crippen molar-refractivity contribution in [2.24, 2.45) is 0 Å². The van der Waals surface area contributed by atoms with E-state index in [1.54, 1.807) is 30.3 Å². The highest BCUT2D eigenvalue weighted by atomic mass is 19.1. The summed E-state index contributed by atoms with van der Waals surface area (Å²) in [4.78, 5) is 11.4. The molecule has 1 N–H and O–H groups in total. The summed E-state index contributed by atoms with van der Waals surface area (Å²) in [6.07, 6.45) is 0.157. The normalized spacial score (nSPS) is 11.4. The predicted molar refractivity (Wildman–Crippen MR) is 125 cm³/mol. The lowest BCUT2D eigenvalue weighted by molar-refractivity contribution is 0.0697. The molecule has 3 aromatic carbocycles. The zero-order valence-electron chi connectivity index (χ0n) is 18.9. The molecule has 4 rings (SSSR count). The number of nitriles is 1. The third-order valence-electron chi connectivity index (χ3n) is 5.90. The Morgan fingerprint density at radius 3 is 2.41 bits per heavy atom. The highest BCUT2D eigenvalue weighted by Crippen LogP contribution is 2.45. The van der Waals surface area contributed by atoms with Gasteiger partial charge in [-0.25, -0.2) is 13.6 Å². The quantitative estimate of drug-likeness (QED) is 0.358. The van der Waals surface area contributed by atoms with E-state index in [0.717, 1.165) is 0 Å². The van der Waals surface area contributed by atoms with Gasteiger partial charge in [0, 0.05) is 34.2 Å². The number of carboxylic acid groups (broad SMARTS) is 1. The number of aromatic carboxylic acids is 1. The van der Waals surface area contributed by atoms with E-state index in [2.05, 4.69) is 6.07 Å². The lowest BCUT2D eigenvalue weighted by atomic mass is 9.82. The topological polar surface area (TPSA) is 75.2 Å². The fourth-order valence-corrected chi connectivity index (χ4v) is 4.31. The minimum atomic E-state index is -1.05. The van der Waals surface area contributed by atoms with Crippen molar-refractivity contribution in [2.45, 2.75) is 25.7 Å². The number of carbonyl (C=O) groups is 1. The molecule has 0 atom stereocenters. The second-order valence-electron chi connectivity index (χ2n) is 8.64. The third kappa shape index (κ3) is 3.88. The van der Waals surface area contributed by atoms with E-state index in [-0.39, 0.29) is 17.7 Å². The van der Waals surface area contributed by atoms with Crippen molar-refractivity contribution in [2.75, 3.05) is 7.11 Å². The molecule has 5 nitrogen and oxygen atoms in total. The molecule has 0 aliphatic carbocycles. The Balaban J connectivity index is 2.15. The van der Waals surface area contributed by atoms with Gasteiger partial charge in [0.1, 0.15) is 5.82 Å². The maximum absolute atomic E-state index is 14.5. The van der Waals surface area contributed by atoms with Crippen molar-refractivity contribution in [3.8, 4) is 28.6 Å². The van der Waals surface area contributed by atoms with Crippen LogP contribution in [0.1, 0.15) is 36.3 Å².